The molecule has 0 aliphatic carbocycles. The Morgan fingerprint density at radius 2 is 2.28 bits per heavy atom. The summed E-state index contributed by atoms with van der Waals surface area (Å²) >= 11 is 3.38. The summed E-state index contributed by atoms with van der Waals surface area (Å²) in [4.78, 5) is 14.3. The predicted octanol–water partition coefficient (Wildman–Crippen LogP) is 1.52. The van der Waals surface area contributed by atoms with Crippen molar-refractivity contribution in [2.24, 2.45) is 0 Å². The van der Waals surface area contributed by atoms with Gasteiger partial charge in [-0.2, -0.15) is 10.2 Å². The van der Waals surface area contributed by atoms with Crippen molar-refractivity contribution in [2.75, 3.05) is 11.4 Å². The molecule has 1 amide bonds. The van der Waals surface area contributed by atoms with E-state index in [-0.39, 0.29) is 5.91 Å². The second-order valence-electron chi connectivity index (χ2n) is 4.03. The van der Waals surface area contributed by atoms with Gasteiger partial charge in [0.25, 0.3) is 5.91 Å². The average Bonchev–Trinajstić information content (AvgIpc) is 3.01. The standard InChI is InChI=1S/C11H12BrN5O/c1-2-16-10(8(12)7-14-16)11(18)15-5-6-17-9(15)3-4-13-17/h3-4,7H,2,5-6H2,1H3. The lowest BCUT2D eigenvalue weighted by molar-refractivity contribution is 0.0978. The van der Waals surface area contributed by atoms with Gasteiger partial charge in [-0.25, -0.2) is 4.68 Å². The molecule has 0 spiro atoms. The number of halogens is 1. The molecule has 0 atom stereocenters. The van der Waals surface area contributed by atoms with Gasteiger partial charge in [-0.05, 0) is 22.9 Å². The van der Waals surface area contributed by atoms with E-state index in [0.717, 1.165) is 16.8 Å². The summed E-state index contributed by atoms with van der Waals surface area (Å²) < 4.78 is 4.26. The monoisotopic (exact) mass is 309 g/mol. The largest absolute Gasteiger partial charge is 0.290 e. The summed E-state index contributed by atoms with van der Waals surface area (Å²) in [6, 6.07) is 1.85. The van der Waals surface area contributed by atoms with Gasteiger partial charge in [-0.3, -0.25) is 14.4 Å². The van der Waals surface area contributed by atoms with E-state index in [2.05, 4.69) is 26.1 Å². The molecule has 1 aliphatic heterocycles. The Bertz CT molecular complexity index is 602. The fourth-order valence-corrected chi connectivity index (χ4v) is 2.65. The molecule has 6 nitrogen and oxygen atoms in total. The molecule has 0 radical (unpaired) electrons. The molecule has 0 unspecified atom stereocenters. The highest BCUT2D eigenvalue weighted by molar-refractivity contribution is 9.10. The molecule has 0 aromatic carbocycles. The van der Waals surface area contributed by atoms with Crippen LogP contribution in [0, 0.1) is 0 Å². The Labute approximate surface area is 112 Å². The number of carbonyl (C=O) groups is 1. The SMILES string of the molecule is CCn1ncc(Br)c1C(=O)N1CCn2nccc21. The number of fused-ring (bicyclic) bond motifs is 1. The third-order valence-corrected chi connectivity index (χ3v) is 3.63. The first-order chi connectivity index (χ1) is 8.72. The fraction of sp³-hybridized carbons (Fsp3) is 0.364. The van der Waals surface area contributed by atoms with Gasteiger partial charge in [0.2, 0.25) is 0 Å². The molecule has 0 saturated carbocycles. The summed E-state index contributed by atoms with van der Waals surface area (Å²) in [5.41, 5.74) is 0.590. The zero-order valence-electron chi connectivity index (χ0n) is 9.88. The topological polar surface area (TPSA) is 56.0 Å². The number of hydrogen-bond donors (Lipinski definition) is 0. The minimum atomic E-state index is -0.0412. The van der Waals surface area contributed by atoms with Crippen LogP contribution in [0.15, 0.2) is 22.9 Å². The van der Waals surface area contributed by atoms with Crippen LogP contribution >= 0.6 is 15.9 Å². The van der Waals surface area contributed by atoms with Crippen molar-refractivity contribution in [1.82, 2.24) is 19.6 Å². The smallest absolute Gasteiger partial charge is 0.278 e. The highest BCUT2D eigenvalue weighted by Crippen LogP contribution is 2.25. The van der Waals surface area contributed by atoms with Gasteiger partial charge < -0.3 is 0 Å². The second kappa shape index (κ2) is 4.24. The highest BCUT2D eigenvalue weighted by atomic mass is 79.9. The van der Waals surface area contributed by atoms with Crippen LogP contribution in [0.3, 0.4) is 0 Å². The molecule has 2 aromatic rings. The maximum absolute atomic E-state index is 12.6. The van der Waals surface area contributed by atoms with Crippen molar-refractivity contribution in [3.05, 3.63) is 28.6 Å². The molecule has 0 bridgehead atoms. The van der Waals surface area contributed by atoms with Crippen molar-refractivity contribution in [1.29, 1.82) is 0 Å². The van der Waals surface area contributed by atoms with E-state index in [1.54, 1.807) is 22.0 Å². The van der Waals surface area contributed by atoms with Crippen LogP contribution < -0.4 is 4.90 Å². The van der Waals surface area contributed by atoms with Gasteiger partial charge in [0, 0.05) is 19.2 Å². The fourth-order valence-electron chi connectivity index (χ4n) is 2.18. The average molecular weight is 310 g/mol. The van der Waals surface area contributed by atoms with Crippen molar-refractivity contribution in [3.63, 3.8) is 0 Å². The van der Waals surface area contributed by atoms with E-state index in [0.29, 0.717) is 18.8 Å². The Balaban J connectivity index is 1.99. The van der Waals surface area contributed by atoms with Crippen LogP contribution in [0.4, 0.5) is 5.82 Å². The first-order valence-corrected chi connectivity index (χ1v) is 6.56. The van der Waals surface area contributed by atoms with Crippen molar-refractivity contribution < 1.29 is 4.79 Å². The Kier molecular flexibility index (Phi) is 2.70. The first-order valence-electron chi connectivity index (χ1n) is 5.77. The molecular weight excluding hydrogens is 298 g/mol. The molecule has 0 saturated heterocycles. The number of carbonyl (C=O) groups excluding carboxylic acids is 1. The lowest BCUT2D eigenvalue weighted by Crippen LogP contribution is -2.31. The Morgan fingerprint density at radius 1 is 1.44 bits per heavy atom. The number of nitrogens with zero attached hydrogens (tertiary/aromatic N) is 5. The van der Waals surface area contributed by atoms with Crippen LogP contribution in [-0.2, 0) is 13.1 Å². The van der Waals surface area contributed by atoms with E-state index in [9.17, 15) is 4.79 Å². The molecule has 0 fully saturated rings. The minimum absolute atomic E-state index is 0.0412. The number of aryl methyl sites for hydroxylation is 1. The number of hydrogen-bond acceptors (Lipinski definition) is 3. The number of rotatable bonds is 2. The van der Waals surface area contributed by atoms with Crippen LogP contribution in [-0.4, -0.2) is 32.0 Å². The summed E-state index contributed by atoms with van der Waals surface area (Å²) in [5, 5.41) is 8.33. The number of amides is 1. The Hall–Kier alpha value is -1.63. The molecule has 1 aliphatic rings. The number of aromatic nitrogens is 4. The maximum Gasteiger partial charge on any atom is 0.278 e. The summed E-state index contributed by atoms with van der Waals surface area (Å²) in [6.45, 7) is 4.03. The van der Waals surface area contributed by atoms with E-state index in [1.165, 1.54) is 0 Å². The van der Waals surface area contributed by atoms with Gasteiger partial charge in [0.05, 0.1) is 23.4 Å². The molecule has 18 heavy (non-hydrogen) atoms. The summed E-state index contributed by atoms with van der Waals surface area (Å²) in [6.07, 6.45) is 3.37. The highest BCUT2D eigenvalue weighted by Gasteiger charge is 2.29. The lowest BCUT2D eigenvalue weighted by Gasteiger charge is -2.15. The van der Waals surface area contributed by atoms with E-state index < -0.39 is 0 Å². The van der Waals surface area contributed by atoms with E-state index in [1.807, 2.05) is 17.7 Å². The van der Waals surface area contributed by atoms with E-state index in [4.69, 9.17) is 0 Å². The van der Waals surface area contributed by atoms with Gasteiger partial charge in [-0.15, -0.1) is 0 Å². The summed E-state index contributed by atoms with van der Waals surface area (Å²) in [5.74, 6) is 0.802. The van der Waals surface area contributed by atoms with Crippen molar-refractivity contribution in [3.8, 4) is 0 Å². The molecule has 2 aromatic heterocycles. The number of anilines is 1. The third-order valence-electron chi connectivity index (χ3n) is 3.05. The quantitative estimate of drug-likeness (QED) is 0.845. The van der Waals surface area contributed by atoms with E-state index >= 15 is 0 Å². The molecule has 3 heterocycles. The van der Waals surface area contributed by atoms with Gasteiger partial charge in [-0.1, -0.05) is 0 Å². The van der Waals surface area contributed by atoms with Crippen LogP contribution in [0.5, 0.6) is 0 Å². The zero-order valence-corrected chi connectivity index (χ0v) is 11.5. The molecule has 94 valence electrons. The first kappa shape index (κ1) is 11.5. The normalized spacial score (nSPS) is 14.0. The Morgan fingerprint density at radius 3 is 3.06 bits per heavy atom. The van der Waals surface area contributed by atoms with Gasteiger partial charge >= 0.3 is 0 Å². The van der Waals surface area contributed by atoms with Crippen LogP contribution in [0.1, 0.15) is 17.4 Å². The van der Waals surface area contributed by atoms with Gasteiger partial charge in [0.1, 0.15) is 11.5 Å². The van der Waals surface area contributed by atoms with Gasteiger partial charge in [0.15, 0.2) is 0 Å². The molecular formula is C11H12BrN5O. The second-order valence-corrected chi connectivity index (χ2v) is 4.88. The lowest BCUT2D eigenvalue weighted by atomic mass is 10.3. The maximum atomic E-state index is 12.6. The predicted molar refractivity (Wildman–Crippen MR) is 69.5 cm³/mol. The van der Waals surface area contributed by atoms with Crippen LogP contribution in [0.25, 0.3) is 0 Å². The molecule has 0 N–H and O–H groups in total. The van der Waals surface area contributed by atoms with Crippen molar-refractivity contribution in [2.45, 2.75) is 20.0 Å². The third kappa shape index (κ3) is 1.58. The van der Waals surface area contributed by atoms with Crippen LogP contribution in [0.2, 0.25) is 0 Å². The molecule has 3 rings (SSSR count). The summed E-state index contributed by atoms with van der Waals surface area (Å²) in [7, 11) is 0. The molecule has 7 heteroatoms. The zero-order chi connectivity index (χ0) is 12.7. The minimum Gasteiger partial charge on any atom is -0.290 e. The van der Waals surface area contributed by atoms with Crippen molar-refractivity contribution >= 4 is 27.7 Å².